The number of carbonyl (C=O) groups excluding carboxylic acids is 2. The molecule has 7 nitrogen and oxygen atoms in total. The van der Waals surface area contributed by atoms with Crippen LogP contribution in [0.4, 0.5) is 5.69 Å². The van der Waals surface area contributed by atoms with Gasteiger partial charge < -0.3 is 4.74 Å². The number of thiophene rings is 1. The number of aromatic nitrogens is 1. The zero-order valence-corrected chi connectivity index (χ0v) is 20.5. The molecule has 9 heteroatoms. The van der Waals surface area contributed by atoms with Crippen LogP contribution in [0.1, 0.15) is 49.7 Å². The molecule has 0 aliphatic heterocycles. The molecule has 0 bridgehead atoms. The lowest BCUT2D eigenvalue weighted by Gasteiger charge is -2.22. The summed E-state index contributed by atoms with van der Waals surface area (Å²) in [7, 11) is 0. The fourth-order valence-electron chi connectivity index (χ4n) is 4.38. The van der Waals surface area contributed by atoms with Crippen LogP contribution in [-0.4, -0.2) is 28.3 Å². The molecule has 2 aromatic carbocycles. The molecule has 1 aliphatic rings. The first-order valence-electron chi connectivity index (χ1n) is 11.2. The van der Waals surface area contributed by atoms with Gasteiger partial charge in [-0.05, 0) is 60.2 Å². The van der Waals surface area contributed by atoms with Gasteiger partial charge in [0.2, 0.25) is 5.78 Å². The van der Waals surface area contributed by atoms with E-state index < -0.39 is 17.5 Å². The van der Waals surface area contributed by atoms with Gasteiger partial charge in [0, 0.05) is 17.5 Å². The number of rotatable bonds is 6. The van der Waals surface area contributed by atoms with Gasteiger partial charge in [-0.3, -0.25) is 14.9 Å². The monoisotopic (exact) mass is 518 g/mol. The number of pyridine rings is 1. The third-order valence-corrected chi connectivity index (χ3v) is 7.25. The minimum absolute atomic E-state index is 0.00724. The Labute approximate surface area is 215 Å². The molecule has 0 radical (unpaired) electrons. The standard InChI is InChI=1S/C27H19ClN2O5S/c28-24-12-11-23(36-24)22(31)15-35-27(32)25-19-8-1-2-10-21(19)29-26-17(6-4-9-20(25)26)13-16-5-3-7-18(14-16)30(33)34/h1-3,5,7-8,10-14H,4,6,9,15H2/b17-13-. The Balaban J connectivity index is 1.54. The van der Waals surface area contributed by atoms with Crippen molar-refractivity contribution >= 4 is 62.9 Å². The Hall–Kier alpha value is -3.88. The summed E-state index contributed by atoms with van der Waals surface area (Å²) in [5.74, 6) is -0.906. The van der Waals surface area contributed by atoms with Gasteiger partial charge in [0.25, 0.3) is 5.69 Å². The van der Waals surface area contributed by atoms with E-state index in [2.05, 4.69) is 0 Å². The van der Waals surface area contributed by atoms with Crippen LogP contribution in [0.5, 0.6) is 0 Å². The van der Waals surface area contributed by atoms with Crippen molar-refractivity contribution in [3.8, 4) is 0 Å². The zero-order valence-electron chi connectivity index (χ0n) is 18.9. The van der Waals surface area contributed by atoms with E-state index in [1.165, 1.54) is 12.1 Å². The summed E-state index contributed by atoms with van der Waals surface area (Å²) in [5.41, 5.74) is 4.05. The number of para-hydroxylation sites is 1. The van der Waals surface area contributed by atoms with E-state index in [9.17, 15) is 19.7 Å². The Bertz CT molecular complexity index is 1560. The van der Waals surface area contributed by atoms with Crippen molar-refractivity contribution in [2.75, 3.05) is 6.61 Å². The number of nitro benzene ring substituents is 1. The average molecular weight is 519 g/mol. The van der Waals surface area contributed by atoms with Crippen LogP contribution in [0, 0.1) is 10.1 Å². The predicted molar refractivity (Wildman–Crippen MR) is 140 cm³/mol. The van der Waals surface area contributed by atoms with Gasteiger partial charge in [0.1, 0.15) is 0 Å². The number of ketones is 1. The Morgan fingerprint density at radius 1 is 1.11 bits per heavy atom. The molecule has 36 heavy (non-hydrogen) atoms. The lowest BCUT2D eigenvalue weighted by Crippen LogP contribution is -2.18. The molecule has 2 aromatic heterocycles. The first kappa shape index (κ1) is 23.8. The second-order valence-electron chi connectivity index (χ2n) is 8.31. The topological polar surface area (TPSA) is 99.4 Å². The van der Waals surface area contributed by atoms with E-state index in [0.29, 0.717) is 49.8 Å². The molecular weight excluding hydrogens is 500 g/mol. The highest BCUT2D eigenvalue weighted by Crippen LogP contribution is 2.36. The van der Waals surface area contributed by atoms with E-state index in [1.807, 2.05) is 30.3 Å². The van der Waals surface area contributed by atoms with Crippen molar-refractivity contribution in [3.05, 3.63) is 102 Å². The number of non-ortho nitro benzene ring substituents is 1. The molecule has 180 valence electrons. The molecule has 0 amide bonds. The van der Waals surface area contributed by atoms with Crippen molar-refractivity contribution < 1.29 is 19.2 Å². The summed E-state index contributed by atoms with van der Waals surface area (Å²) >= 11 is 7.05. The zero-order chi connectivity index (χ0) is 25.2. The number of nitrogens with zero attached hydrogens (tertiary/aromatic N) is 2. The van der Waals surface area contributed by atoms with E-state index >= 15 is 0 Å². The summed E-state index contributed by atoms with van der Waals surface area (Å²) in [4.78, 5) is 41.9. The first-order chi connectivity index (χ1) is 17.4. The van der Waals surface area contributed by atoms with Gasteiger partial charge >= 0.3 is 5.97 Å². The molecule has 0 spiro atoms. The largest absolute Gasteiger partial charge is 0.454 e. The van der Waals surface area contributed by atoms with Crippen molar-refractivity contribution in [1.29, 1.82) is 0 Å². The summed E-state index contributed by atoms with van der Waals surface area (Å²) in [5, 5.41) is 11.9. The molecule has 0 fully saturated rings. The van der Waals surface area contributed by atoms with E-state index in [-0.39, 0.29) is 11.5 Å². The van der Waals surface area contributed by atoms with E-state index in [4.69, 9.17) is 21.3 Å². The molecular formula is C27H19ClN2O5S. The van der Waals surface area contributed by atoms with Crippen molar-refractivity contribution in [2.24, 2.45) is 0 Å². The number of nitro groups is 1. The molecule has 0 unspecified atom stereocenters. The lowest BCUT2D eigenvalue weighted by atomic mass is 9.86. The molecule has 0 N–H and O–H groups in total. The van der Waals surface area contributed by atoms with Crippen molar-refractivity contribution in [3.63, 3.8) is 0 Å². The summed E-state index contributed by atoms with van der Waals surface area (Å²) in [6.07, 6.45) is 4.00. The van der Waals surface area contributed by atoms with Crippen LogP contribution in [-0.2, 0) is 11.2 Å². The number of ether oxygens (including phenoxy) is 1. The number of hydrogen-bond acceptors (Lipinski definition) is 7. The number of esters is 1. The van der Waals surface area contributed by atoms with Gasteiger partial charge in [-0.25, -0.2) is 9.78 Å². The summed E-state index contributed by atoms with van der Waals surface area (Å²) in [6.45, 7) is -0.391. The molecule has 5 rings (SSSR count). The minimum atomic E-state index is -0.586. The van der Waals surface area contributed by atoms with Crippen LogP contribution < -0.4 is 0 Å². The molecule has 0 saturated carbocycles. The highest BCUT2D eigenvalue weighted by molar-refractivity contribution is 7.18. The average Bonchev–Trinajstić information content (AvgIpc) is 3.32. The maximum absolute atomic E-state index is 13.3. The third-order valence-electron chi connectivity index (χ3n) is 5.98. The fraction of sp³-hybridized carbons (Fsp3) is 0.148. The summed E-state index contributed by atoms with van der Waals surface area (Å²) < 4.78 is 5.96. The highest BCUT2D eigenvalue weighted by atomic mass is 35.5. The number of halogens is 1. The second kappa shape index (κ2) is 10.0. The van der Waals surface area contributed by atoms with Gasteiger partial charge in [0.05, 0.1) is 30.9 Å². The van der Waals surface area contributed by atoms with Crippen molar-refractivity contribution in [1.82, 2.24) is 4.98 Å². The third kappa shape index (κ3) is 4.78. The molecule has 0 atom stereocenters. The smallest absolute Gasteiger partial charge is 0.339 e. The van der Waals surface area contributed by atoms with Crippen LogP contribution in [0.3, 0.4) is 0 Å². The Morgan fingerprint density at radius 3 is 2.72 bits per heavy atom. The second-order valence-corrected chi connectivity index (χ2v) is 10.0. The Kier molecular flexibility index (Phi) is 6.63. The number of fused-ring (bicyclic) bond motifs is 2. The highest BCUT2D eigenvalue weighted by Gasteiger charge is 2.26. The van der Waals surface area contributed by atoms with Crippen molar-refractivity contribution in [2.45, 2.75) is 19.3 Å². The normalized spacial score (nSPS) is 14.0. The SMILES string of the molecule is O=C(COC(=O)c1c2c(nc3ccccc13)/C(=C\c1cccc([N+](=O)[O-])c1)CCC2)c1ccc(Cl)s1. The molecule has 1 aliphatic carbocycles. The number of benzene rings is 2. The molecule has 4 aromatic rings. The van der Waals surface area contributed by atoms with Gasteiger partial charge in [-0.2, -0.15) is 0 Å². The van der Waals surface area contributed by atoms with E-state index in [0.717, 1.165) is 28.9 Å². The minimum Gasteiger partial charge on any atom is -0.454 e. The van der Waals surface area contributed by atoms with Gasteiger partial charge in [0.15, 0.2) is 6.61 Å². The number of carbonyl (C=O) groups is 2. The maximum Gasteiger partial charge on any atom is 0.339 e. The Morgan fingerprint density at radius 2 is 1.94 bits per heavy atom. The molecule has 0 saturated heterocycles. The lowest BCUT2D eigenvalue weighted by molar-refractivity contribution is -0.384. The number of allylic oxidation sites excluding steroid dienone is 1. The molecule has 2 heterocycles. The number of Topliss-reactive ketones (excluding diaryl/α,β-unsaturated/α-hetero) is 1. The van der Waals surface area contributed by atoms with Crippen LogP contribution in [0.15, 0.2) is 60.7 Å². The van der Waals surface area contributed by atoms with E-state index in [1.54, 1.807) is 24.3 Å². The number of hydrogen-bond donors (Lipinski definition) is 0. The fourth-order valence-corrected chi connectivity index (χ4v) is 5.34. The van der Waals surface area contributed by atoms with Gasteiger partial charge in [-0.15, -0.1) is 11.3 Å². The first-order valence-corrected chi connectivity index (χ1v) is 12.4. The maximum atomic E-state index is 13.3. The summed E-state index contributed by atoms with van der Waals surface area (Å²) in [6, 6.07) is 16.9. The van der Waals surface area contributed by atoms with Crippen LogP contribution >= 0.6 is 22.9 Å². The van der Waals surface area contributed by atoms with Crippen LogP contribution in [0.2, 0.25) is 4.34 Å². The van der Waals surface area contributed by atoms with Gasteiger partial charge in [-0.1, -0.05) is 41.9 Å². The quantitative estimate of drug-likeness (QED) is 0.121. The predicted octanol–water partition coefficient (Wildman–Crippen LogP) is 6.77. The van der Waals surface area contributed by atoms with Crippen LogP contribution in [0.25, 0.3) is 22.6 Å².